The van der Waals surface area contributed by atoms with Crippen molar-refractivity contribution >= 4 is 27.4 Å². The second-order valence-electron chi connectivity index (χ2n) is 5.43. The average molecular weight is 298 g/mol. The number of hydrogen-bond donors (Lipinski definition) is 2. The summed E-state index contributed by atoms with van der Waals surface area (Å²) in [5.41, 5.74) is 5.01. The van der Waals surface area contributed by atoms with Gasteiger partial charge in [0.1, 0.15) is 10.7 Å². The molecule has 1 aromatic carbocycles. The second kappa shape index (κ2) is 5.79. The van der Waals surface area contributed by atoms with E-state index in [9.17, 15) is 0 Å². The third kappa shape index (κ3) is 2.75. The van der Waals surface area contributed by atoms with E-state index in [2.05, 4.69) is 46.8 Å². The quantitative estimate of drug-likeness (QED) is 0.567. The van der Waals surface area contributed by atoms with Crippen LogP contribution in [0, 0.1) is 5.92 Å². The molecule has 0 aliphatic carbocycles. The number of benzene rings is 1. The van der Waals surface area contributed by atoms with Gasteiger partial charge in [-0.2, -0.15) is 0 Å². The molecule has 0 saturated heterocycles. The highest BCUT2D eigenvalue weighted by Crippen LogP contribution is 2.36. The maximum Gasteiger partial charge on any atom is 0.153 e. The van der Waals surface area contributed by atoms with Crippen LogP contribution in [0.25, 0.3) is 21.3 Å². The Hall–Kier alpha value is -1.98. The molecule has 5 heteroatoms. The normalized spacial score (nSPS) is 11.2. The Bertz CT molecular complexity index is 750. The minimum atomic E-state index is 0.515. The van der Waals surface area contributed by atoms with Gasteiger partial charge in [0.25, 0.3) is 0 Å². The molecule has 0 radical (unpaired) electrons. The fraction of sp³-hybridized carbons (Fsp3) is 0.250. The molecule has 0 bridgehead atoms. The van der Waals surface area contributed by atoms with Gasteiger partial charge in [0.05, 0.1) is 5.39 Å². The molecule has 2 aromatic heterocycles. The molecule has 0 spiro atoms. The van der Waals surface area contributed by atoms with Crippen LogP contribution in [0.3, 0.4) is 0 Å². The van der Waals surface area contributed by atoms with Crippen molar-refractivity contribution in [1.29, 1.82) is 0 Å². The highest BCUT2D eigenvalue weighted by molar-refractivity contribution is 7.17. The summed E-state index contributed by atoms with van der Waals surface area (Å²) >= 11 is 1.63. The molecule has 2 heterocycles. The second-order valence-corrected chi connectivity index (χ2v) is 6.28. The first-order chi connectivity index (χ1) is 10.2. The van der Waals surface area contributed by atoms with Crippen LogP contribution < -0.4 is 11.3 Å². The minimum absolute atomic E-state index is 0.515. The molecule has 108 valence electrons. The molecule has 4 nitrogen and oxygen atoms in total. The molecule has 0 unspecified atom stereocenters. The fourth-order valence-corrected chi connectivity index (χ4v) is 3.34. The third-order valence-electron chi connectivity index (χ3n) is 3.29. The van der Waals surface area contributed by atoms with Crippen molar-refractivity contribution in [3.05, 3.63) is 41.5 Å². The predicted molar refractivity (Wildman–Crippen MR) is 89.2 cm³/mol. The lowest BCUT2D eigenvalue weighted by atomic mass is 10.1. The van der Waals surface area contributed by atoms with Crippen LogP contribution in [0.15, 0.2) is 35.7 Å². The van der Waals surface area contributed by atoms with E-state index in [0.717, 1.165) is 33.6 Å². The van der Waals surface area contributed by atoms with Gasteiger partial charge in [0.2, 0.25) is 0 Å². The summed E-state index contributed by atoms with van der Waals surface area (Å²) in [6, 6.07) is 10.2. The number of hydrazine groups is 1. The molecular weight excluding hydrogens is 280 g/mol. The molecular formula is C16H18N4S. The molecule has 3 rings (SSSR count). The Morgan fingerprint density at radius 3 is 2.62 bits per heavy atom. The summed E-state index contributed by atoms with van der Waals surface area (Å²) in [5.74, 6) is 7.75. The monoisotopic (exact) mass is 298 g/mol. The number of rotatable bonds is 4. The molecule has 0 fully saturated rings. The Morgan fingerprint density at radius 2 is 1.95 bits per heavy atom. The van der Waals surface area contributed by atoms with Gasteiger partial charge in [-0.15, -0.1) is 11.3 Å². The summed E-state index contributed by atoms with van der Waals surface area (Å²) < 4.78 is 0. The number of anilines is 1. The smallest absolute Gasteiger partial charge is 0.153 e. The van der Waals surface area contributed by atoms with E-state index in [4.69, 9.17) is 5.84 Å². The van der Waals surface area contributed by atoms with Gasteiger partial charge in [0, 0.05) is 17.4 Å². The molecule has 0 aliphatic heterocycles. The van der Waals surface area contributed by atoms with Crippen LogP contribution in [-0.2, 0) is 6.42 Å². The van der Waals surface area contributed by atoms with Crippen molar-refractivity contribution in [3.63, 3.8) is 0 Å². The largest absolute Gasteiger partial charge is 0.308 e. The van der Waals surface area contributed by atoms with Crippen LogP contribution >= 0.6 is 11.3 Å². The molecule has 0 amide bonds. The number of nitrogens with two attached hydrogens (primary N) is 1. The number of thiophene rings is 1. The first kappa shape index (κ1) is 14.0. The summed E-state index contributed by atoms with van der Waals surface area (Å²) in [6.45, 7) is 4.32. The Balaban J connectivity index is 2.17. The van der Waals surface area contributed by atoms with Gasteiger partial charge in [0.15, 0.2) is 5.82 Å². The van der Waals surface area contributed by atoms with Gasteiger partial charge >= 0.3 is 0 Å². The zero-order valence-electron chi connectivity index (χ0n) is 12.1. The molecule has 0 atom stereocenters. The van der Waals surface area contributed by atoms with Crippen molar-refractivity contribution in [2.24, 2.45) is 11.8 Å². The third-order valence-corrected chi connectivity index (χ3v) is 4.16. The van der Waals surface area contributed by atoms with Gasteiger partial charge < -0.3 is 5.43 Å². The van der Waals surface area contributed by atoms with Crippen LogP contribution in [-0.4, -0.2) is 9.97 Å². The lowest BCUT2D eigenvalue weighted by molar-refractivity contribution is 0.623. The molecule has 0 saturated carbocycles. The molecule has 3 aromatic rings. The minimum Gasteiger partial charge on any atom is -0.308 e. The van der Waals surface area contributed by atoms with E-state index in [-0.39, 0.29) is 0 Å². The Kier molecular flexibility index (Phi) is 3.86. The van der Waals surface area contributed by atoms with E-state index in [1.165, 1.54) is 0 Å². The van der Waals surface area contributed by atoms with Crippen LogP contribution in [0.5, 0.6) is 0 Å². The lowest BCUT2D eigenvalue weighted by Crippen LogP contribution is -2.11. The van der Waals surface area contributed by atoms with E-state index >= 15 is 0 Å². The van der Waals surface area contributed by atoms with E-state index in [0.29, 0.717) is 11.7 Å². The van der Waals surface area contributed by atoms with Crippen molar-refractivity contribution < 1.29 is 0 Å². The lowest BCUT2D eigenvalue weighted by Gasteiger charge is -2.08. The van der Waals surface area contributed by atoms with Gasteiger partial charge in [-0.05, 0) is 11.5 Å². The fourth-order valence-electron chi connectivity index (χ4n) is 2.38. The maximum atomic E-state index is 5.69. The maximum absolute atomic E-state index is 5.69. The summed E-state index contributed by atoms with van der Waals surface area (Å²) in [7, 11) is 0. The van der Waals surface area contributed by atoms with Gasteiger partial charge in [-0.1, -0.05) is 44.2 Å². The molecule has 0 aliphatic rings. The highest BCUT2D eigenvalue weighted by Gasteiger charge is 2.15. The highest BCUT2D eigenvalue weighted by atomic mass is 32.1. The van der Waals surface area contributed by atoms with Gasteiger partial charge in [-0.25, -0.2) is 15.8 Å². The van der Waals surface area contributed by atoms with Gasteiger partial charge in [-0.3, -0.25) is 0 Å². The topological polar surface area (TPSA) is 63.8 Å². The number of aromatic nitrogens is 2. The van der Waals surface area contributed by atoms with E-state index < -0.39 is 0 Å². The van der Waals surface area contributed by atoms with E-state index in [1.807, 2.05) is 18.2 Å². The first-order valence-corrected chi connectivity index (χ1v) is 7.87. The molecule has 3 N–H and O–H groups in total. The summed E-state index contributed by atoms with van der Waals surface area (Å²) in [5, 5.41) is 3.12. The number of nitrogen functional groups attached to an aromatic ring is 1. The van der Waals surface area contributed by atoms with Crippen molar-refractivity contribution in [2.75, 3.05) is 5.43 Å². The van der Waals surface area contributed by atoms with Crippen molar-refractivity contribution in [2.45, 2.75) is 20.3 Å². The Labute approximate surface area is 128 Å². The summed E-state index contributed by atoms with van der Waals surface area (Å²) in [6.07, 6.45) is 0.850. The number of nitrogens with one attached hydrogen (secondary N) is 1. The standard InChI is InChI=1S/C16H18N4S/c1-10(2)8-13-18-15(20-17)14-12(9-21-16(14)19-13)11-6-4-3-5-7-11/h3-7,9-10H,8,17H2,1-2H3,(H,18,19,20). The number of fused-ring (bicyclic) bond motifs is 1. The van der Waals surface area contributed by atoms with Crippen molar-refractivity contribution in [1.82, 2.24) is 9.97 Å². The number of hydrogen-bond acceptors (Lipinski definition) is 5. The number of nitrogens with zero attached hydrogens (tertiary/aromatic N) is 2. The van der Waals surface area contributed by atoms with E-state index in [1.54, 1.807) is 11.3 Å². The average Bonchev–Trinajstić information content (AvgIpc) is 2.90. The molecule has 21 heavy (non-hydrogen) atoms. The first-order valence-electron chi connectivity index (χ1n) is 6.99. The SMILES string of the molecule is CC(C)Cc1nc(NN)c2c(-c3ccccc3)csc2n1. The summed E-state index contributed by atoms with van der Waals surface area (Å²) in [4.78, 5) is 10.2. The predicted octanol–water partition coefficient (Wildman–Crippen LogP) is 3.84. The van der Waals surface area contributed by atoms with Crippen molar-refractivity contribution in [3.8, 4) is 11.1 Å². The zero-order chi connectivity index (χ0) is 14.8. The van der Waals surface area contributed by atoms with Crippen LogP contribution in [0.1, 0.15) is 19.7 Å². The Morgan fingerprint density at radius 1 is 1.19 bits per heavy atom. The van der Waals surface area contributed by atoms with Crippen LogP contribution in [0.4, 0.5) is 5.82 Å². The van der Waals surface area contributed by atoms with Crippen LogP contribution in [0.2, 0.25) is 0 Å². The zero-order valence-corrected chi connectivity index (χ0v) is 12.9.